The first-order valence-electron chi connectivity index (χ1n) is 8.01. The van der Waals surface area contributed by atoms with Crippen LogP contribution in [0.2, 0.25) is 0 Å². The lowest BCUT2D eigenvalue weighted by Gasteiger charge is -2.10. The van der Waals surface area contributed by atoms with Gasteiger partial charge in [-0.15, -0.1) is 0 Å². The van der Waals surface area contributed by atoms with Crippen molar-refractivity contribution in [2.45, 2.75) is 20.4 Å². The Morgan fingerprint density at radius 1 is 1.08 bits per heavy atom. The van der Waals surface area contributed by atoms with Crippen molar-refractivity contribution >= 4 is 17.4 Å². The maximum atomic E-state index is 12.5. The van der Waals surface area contributed by atoms with Crippen molar-refractivity contribution in [1.82, 2.24) is 9.55 Å². The summed E-state index contributed by atoms with van der Waals surface area (Å²) in [4.78, 5) is 28.6. The first-order chi connectivity index (χ1) is 12.0. The van der Waals surface area contributed by atoms with Gasteiger partial charge in [-0.3, -0.25) is 14.6 Å². The van der Waals surface area contributed by atoms with Gasteiger partial charge in [-0.2, -0.15) is 0 Å². The van der Waals surface area contributed by atoms with Gasteiger partial charge in [-0.05, 0) is 54.8 Å². The van der Waals surface area contributed by atoms with Gasteiger partial charge >= 0.3 is 0 Å². The zero-order chi connectivity index (χ0) is 17.8. The zero-order valence-electron chi connectivity index (χ0n) is 14.2. The third-order valence-corrected chi connectivity index (χ3v) is 4.11. The molecule has 1 N–H and O–H groups in total. The van der Waals surface area contributed by atoms with Crippen LogP contribution in [0.1, 0.15) is 27.2 Å². The highest BCUT2D eigenvalue weighted by molar-refractivity contribution is 6.46. The summed E-state index contributed by atoms with van der Waals surface area (Å²) in [6, 6.07) is 13.0. The van der Waals surface area contributed by atoms with Gasteiger partial charge in [0.1, 0.15) is 0 Å². The van der Waals surface area contributed by atoms with E-state index >= 15 is 0 Å². The van der Waals surface area contributed by atoms with E-state index in [9.17, 15) is 9.59 Å². The molecule has 3 rings (SSSR count). The van der Waals surface area contributed by atoms with Gasteiger partial charge in [-0.1, -0.05) is 18.2 Å². The lowest BCUT2D eigenvalue weighted by Crippen LogP contribution is -2.25. The Kier molecular flexibility index (Phi) is 4.75. The third kappa shape index (κ3) is 3.83. The molecule has 0 saturated heterocycles. The van der Waals surface area contributed by atoms with Gasteiger partial charge in [0, 0.05) is 18.9 Å². The van der Waals surface area contributed by atoms with Crippen LogP contribution in [-0.4, -0.2) is 21.2 Å². The summed E-state index contributed by atoms with van der Waals surface area (Å²) in [6.45, 7) is 4.66. The summed E-state index contributed by atoms with van der Waals surface area (Å²) < 4.78 is 1.79. The largest absolute Gasteiger partial charge is 0.340 e. The van der Waals surface area contributed by atoms with E-state index in [1.54, 1.807) is 41.2 Å². The van der Waals surface area contributed by atoms with Crippen molar-refractivity contribution in [2.75, 3.05) is 5.32 Å². The van der Waals surface area contributed by atoms with E-state index in [1.807, 2.05) is 6.07 Å². The molecule has 2 aromatic heterocycles. The second-order valence-corrected chi connectivity index (χ2v) is 5.96. The molecule has 1 amide bonds. The number of nitrogens with one attached hydrogen (secondary N) is 1. The molecule has 3 aromatic rings. The molecule has 0 saturated carbocycles. The van der Waals surface area contributed by atoms with E-state index < -0.39 is 11.7 Å². The predicted molar refractivity (Wildman–Crippen MR) is 96.6 cm³/mol. The van der Waals surface area contributed by atoms with E-state index in [0.29, 0.717) is 17.9 Å². The minimum atomic E-state index is -0.673. The Hall–Kier alpha value is -3.21. The standard InChI is InChI=1S/C20H19N3O2/c1-14-7-8-16(11-15(14)2)13-23-10-4-6-18(23)19(24)20(25)22-17-5-3-9-21-12-17/h3-12H,13H2,1-2H3,(H,22,25). The van der Waals surface area contributed by atoms with E-state index in [-0.39, 0.29) is 0 Å². The molecule has 0 bridgehead atoms. The molecule has 5 heteroatoms. The number of amides is 1. The van der Waals surface area contributed by atoms with Crippen LogP contribution in [0.5, 0.6) is 0 Å². The number of ketones is 1. The fourth-order valence-corrected chi connectivity index (χ4v) is 2.60. The molecule has 0 fully saturated rings. The van der Waals surface area contributed by atoms with Crippen molar-refractivity contribution in [1.29, 1.82) is 0 Å². The van der Waals surface area contributed by atoms with Crippen LogP contribution in [0.15, 0.2) is 61.1 Å². The van der Waals surface area contributed by atoms with Gasteiger partial charge < -0.3 is 9.88 Å². The summed E-state index contributed by atoms with van der Waals surface area (Å²) in [5, 5.41) is 2.57. The van der Waals surface area contributed by atoms with Gasteiger partial charge in [0.2, 0.25) is 0 Å². The van der Waals surface area contributed by atoms with Crippen LogP contribution in [0.4, 0.5) is 5.69 Å². The number of hydrogen-bond donors (Lipinski definition) is 1. The number of benzene rings is 1. The number of aromatic nitrogens is 2. The maximum absolute atomic E-state index is 12.5. The summed E-state index contributed by atoms with van der Waals surface area (Å²) in [6.07, 6.45) is 4.91. The zero-order valence-corrected chi connectivity index (χ0v) is 14.2. The number of carbonyl (C=O) groups excluding carboxylic acids is 2. The Balaban J connectivity index is 1.77. The Morgan fingerprint density at radius 3 is 2.64 bits per heavy atom. The molecule has 0 aliphatic carbocycles. The number of aryl methyl sites for hydroxylation is 2. The van der Waals surface area contributed by atoms with Gasteiger partial charge in [0.25, 0.3) is 11.7 Å². The highest BCUT2D eigenvalue weighted by Crippen LogP contribution is 2.14. The minimum absolute atomic E-state index is 0.361. The Bertz CT molecular complexity index is 914. The van der Waals surface area contributed by atoms with Crippen LogP contribution in [0.3, 0.4) is 0 Å². The van der Waals surface area contributed by atoms with Crippen molar-refractivity contribution in [3.05, 3.63) is 83.4 Å². The van der Waals surface area contributed by atoms with Gasteiger partial charge in [0.15, 0.2) is 0 Å². The highest BCUT2D eigenvalue weighted by atomic mass is 16.2. The number of Topliss-reactive ketones (excluding diaryl/α,β-unsaturated/α-hetero) is 1. The molecule has 25 heavy (non-hydrogen) atoms. The van der Waals surface area contributed by atoms with Crippen LogP contribution in [0, 0.1) is 13.8 Å². The number of nitrogens with zero attached hydrogens (tertiary/aromatic N) is 2. The first-order valence-corrected chi connectivity index (χ1v) is 8.01. The van der Waals surface area contributed by atoms with Crippen molar-refractivity contribution in [2.24, 2.45) is 0 Å². The van der Waals surface area contributed by atoms with Crippen LogP contribution in [-0.2, 0) is 11.3 Å². The lowest BCUT2D eigenvalue weighted by atomic mass is 10.1. The molecule has 5 nitrogen and oxygen atoms in total. The number of rotatable bonds is 5. The number of pyridine rings is 1. The molecular formula is C20H19N3O2. The Morgan fingerprint density at radius 2 is 1.92 bits per heavy atom. The smallest absolute Gasteiger partial charge is 0.298 e. The van der Waals surface area contributed by atoms with E-state index in [4.69, 9.17) is 0 Å². The van der Waals surface area contributed by atoms with Gasteiger partial charge in [0.05, 0.1) is 17.6 Å². The molecule has 126 valence electrons. The topological polar surface area (TPSA) is 64.0 Å². The van der Waals surface area contributed by atoms with E-state index in [2.05, 4.69) is 36.3 Å². The van der Waals surface area contributed by atoms with Crippen molar-refractivity contribution < 1.29 is 9.59 Å². The lowest BCUT2D eigenvalue weighted by molar-refractivity contribution is -0.112. The molecule has 0 unspecified atom stereocenters. The molecule has 2 heterocycles. The number of carbonyl (C=O) groups is 2. The molecule has 0 atom stereocenters. The maximum Gasteiger partial charge on any atom is 0.298 e. The fourth-order valence-electron chi connectivity index (χ4n) is 2.60. The van der Waals surface area contributed by atoms with Crippen molar-refractivity contribution in [3.8, 4) is 0 Å². The predicted octanol–water partition coefficient (Wildman–Crippen LogP) is 3.37. The summed E-state index contributed by atoms with van der Waals surface area (Å²) in [5.74, 6) is -1.24. The molecule has 0 aliphatic rings. The molecular weight excluding hydrogens is 314 g/mol. The van der Waals surface area contributed by atoms with E-state index in [1.165, 1.54) is 17.3 Å². The van der Waals surface area contributed by atoms with Crippen LogP contribution < -0.4 is 5.32 Å². The SMILES string of the molecule is Cc1ccc(Cn2cccc2C(=O)C(=O)Nc2cccnc2)cc1C. The normalized spacial score (nSPS) is 10.5. The Labute approximate surface area is 146 Å². The second kappa shape index (κ2) is 7.13. The fraction of sp³-hybridized carbons (Fsp3) is 0.150. The molecule has 0 aliphatic heterocycles. The number of hydrogen-bond acceptors (Lipinski definition) is 3. The third-order valence-electron chi connectivity index (χ3n) is 4.11. The monoisotopic (exact) mass is 333 g/mol. The summed E-state index contributed by atoms with van der Waals surface area (Å²) in [7, 11) is 0. The molecule has 1 aromatic carbocycles. The quantitative estimate of drug-likeness (QED) is 0.575. The average Bonchev–Trinajstić information content (AvgIpc) is 3.06. The van der Waals surface area contributed by atoms with Crippen molar-refractivity contribution in [3.63, 3.8) is 0 Å². The minimum Gasteiger partial charge on any atom is -0.340 e. The number of anilines is 1. The van der Waals surface area contributed by atoms with Crippen LogP contribution >= 0.6 is 0 Å². The van der Waals surface area contributed by atoms with E-state index in [0.717, 1.165) is 5.56 Å². The second-order valence-electron chi connectivity index (χ2n) is 5.96. The molecule has 0 radical (unpaired) electrons. The summed E-state index contributed by atoms with van der Waals surface area (Å²) in [5.41, 5.74) is 4.36. The summed E-state index contributed by atoms with van der Waals surface area (Å²) >= 11 is 0. The molecule has 0 spiro atoms. The van der Waals surface area contributed by atoms with Crippen LogP contribution in [0.25, 0.3) is 0 Å². The first kappa shape index (κ1) is 16.6. The average molecular weight is 333 g/mol. The van der Waals surface area contributed by atoms with Gasteiger partial charge in [-0.25, -0.2) is 0 Å². The highest BCUT2D eigenvalue weighted by Gasteiger charge is 2.20.